The Labute approximate surface area is 335 Å². The molecular weight excluding hydrogens is 691 g/mol. The topological polar surface area (TPSA) is 16.4 Å². The molecule has 0 aliphatic heterocycles. The zero-order valence-corrected chi connectivity index (χ0v) is 32.9. The lowest BCUT2D eigenvalue weighted by molar-refractivity contribution is 0.442. The molecule has 3 aliphatic carbocycles. The van der Waals surface area contributed by atoms with Crippen LogP contribution >= 0.6 is 0 Å². The van der Waals surface area contributed by atoms with Crippen LogP contribution in [0.4, 0.5) is 17.1 Å². The molecule has 8 aromatic rings. The van der Waals surface area contributed by atoms with Crippen LogP contribution in [0.1, 0.15) is 87.0 Å². The number of hydrogen-bond acceptors (Lipinski definition) is 2. The first-order valence-electron chi connectivity index (χ1n) is 21.0. The van der Waals surface area contributed by atoms with E-state index >= 15 is 0 Å². The minimum absolute atomic E-state index is 0.0400. The largest absolute Gasteiger partial charge is 0.456 e. The lowest BCUT2D eigenvalue weighted by atomic mass is 9.80. The van der Waals surface area contributed by atoms with E-state index in [1.54, 1.807) is 5.56 Å². The normalized spacial score (nSPS) is 15.9. The maximum Gasteiger partial charge on any atom is 0.137 e. The highest BCUT2D eigenvalue weighted by molar-refractivity contribution is 6.06. The Hall–Kier alpha value is -6.12. The van der Waals surface area contributed by atoms with Crippen LogP contribution in [-0.4, -0.2) is 0 Å². The first-order valence-corrected chi connectivity index (χ1v) is 21.0. The fourth-order valence-corrected chi connectivity index (χ4v) is 10.5. The summed E-state index contributed by atoms with van der Waals surface area (Å²) in [5.74, 6) is 0.625. The molecule has 0 unspecified atom stereocenters. The van der Waals surface area contributed by atoms with E-state index in [4.69, 9.17) is 4.42 Å². The van der Waals surface area contributed by atoms with Crippen LogP contribution in [0.25, 0.3) is 55.8 Å². The van der Waals surface area contributed by atoms with Gasteiger partial charge < -0.3 is 9.32 Å². The first kappa shape index (κ1) is 34.2. The van der Waals surface area contributed by atoms with Gasteiger partial charge in [0.15, 0.2) is 0 Å². The number of anilines is 3. The van der Waals surface area contributed by atoms with Crippen LogP contribution in [-0.2, 0) is 5.41 Å². The van der Waals surface area contributed by atoms with Gasteiger partial charge in [-0.1, -0.05) is 142 Å². The van der Waals surface area contributed by atoms with E-state index in [1.807, 2.05) is 0 Å². The average molecular weight is 738 g/mol. The molecule has 1 aromatic heterocycles. The lowest BCUT2D eigenvalue weighted by Crippen LogP contribution is -2.35. The fraction of sp³-hybridized carbons (Fsp3) is 0.200. The summed E-state index contributed by atoms with van der Waals surface area (Å²) in [4.78, 5) is 2.46. The molecule has 57 heavy (non-hydrogen) atoms. The second-order valence-electron chi connectivity index (χ2n) is 17.0. The molecular formula is C55H47NO. The molecule has 3 aliphatic rings. The standard InChI is InChI=1S/C55H47NO/c1-55(2)49-23-9-6-18-43(49)44-32-28-39(34-50(44)55)36-26-29-40(30-27-36)56(41-31-33-47-46-20-8-11-25-52(46)57-53(47)35-41)51-24-10-7-19-45(51)48-22-13-17-38-16-12-21-42(54(38)48)37-14-4-3-5-15-37/h6-12,16-21,23-35,37H,3-5,13-15,22H2,1-2H3. The number of para-hydroxylation sites is 2. The number of nitrogens with zero attached hydrogens (tertiary/aromatic N) is 1. The zero-order valence-electron chi connectivity index (χ0n) is 32.9. The van der Waals surface area contributed by atoms with Gasteiger partial charge in [-0.2, -0.15) is 0 Å². The Morgan fingerprint density at radius 2 is 1.28 bits per heavy atom. The number of fused-ring (bicyclic) bond motifs is 7. The van der Waals surface area contributed by atoms with Crippen molar-refractivity contribution in [2.45, 2.75) is 70.1 Å². The molecule has 1 saturated carbocycles. The van der Waals surface area contributed by atoms with Gasteiger partial charge in [0.2, 0.25) is 0 Å². The molecule has 1 fully saturated rings. The van der Waals surface area contributed by atoms with E-state index in [1.165, 1.54) is 92.7 Å². The molecule has 1 heterocycles. The van der Waals surface area contributed by atoms with E-state index in [-0.39, 0.29) is 5.41 Å². The summed E-state index contributed by atoms with van der Waals surface area (Å²) < 4.78 is 6.51. The van der Waals surface area contributed by atoms with E-state index in [9.17, 15) is 0 Å². The van der Waals surface area contributed by atoms with Crippen molar-refractivity contribution in [2.24, 2.45) is 0 Å². The highest BCUT2D eigenvalue weighted by Gasteiger charge is 2.35. The molecule has 2 nitrogen and oxygen atoms in total. The van der Waals surface area contributed by atoms with Gasteiger partial charge in [0.05, 0.1) is 5.69 Å². The van der Waals surface area contributed by atoms with Crippen LogP contribution in [0.3, 0.4) is 0 Å². The molecule has 0 N–H and O–H groups in total. The molecule has 11 rings (SSSR count). The monoisotopic (exact) mass is 737 g/mol. The van der Waals surface area contributed by atoms with Crippen LogP contribution in [0.15, 0.2) is 156 Å². The maximum absolute atomic E-state index is 6.51. The fourth-order valence-electron chi connectivity index (χ4n) is 10.5. The van der Waals surface area contributed by atoms with Gasteiger partial charge in [0.25, 0.3) is 0 Å². The van der Waals surface area contributed by atoms with Crippen molar-refractivity contribution in [3.05, 3.63) is 184 Å². The summed E-state index contributed by atoms with van der Waals surface area (Å²) in [5.41, 5.74) is 17.5. The number of furan rings is 1. The minimum atomic E-state index is -0.0400. The summed E-state index contributed by atoms with van der Waals surface area (Å²) >= 11 is 0. The molecule has 0 radical (unpaired) electrons. The van der Waals surface area contributed by atoms with Gasteiger partial charge >= 0.3 is 0 Å². The Balaban J connectivity index is 1.07. The van der Waals surface area contributed by atoms with Crippen LogP contribution in [0, 0.1) is 0 Å². The lowest BCUT2D eigenvalue weighted by Gasteiger charge is -2.30. The molecule has 7 aromatic carbocycles. The highest BCUT2D eigenvalue weighted by atomic mass is 16.3. The predicted octanol–water partition coefficient (Wildman–Crippen LogP) is 13.9. The molecule has 0 atom stereocenters. The summed E-state index contributed by atoms with van der Waals surface area (Å²) in [6.45, 7) is 4.72. The molecule has 0 amide bonds. The third kappa shape index (κ3) is 5.60. The molecule has 2 heteroatoms. The predicted molar refractivity (Wildman–Crippen MR) is 239 cm³/mol. The molecule has 278 valence electrons. The molecule has 0 bridgehead atoms. The quantitative estimate of drug-likeness (QED) is 0.169. The summed E-state index contributed by atoms with van der Waals surface area (Å²) in [6, 6.07) is 56.5. The van der Waals surface area contributed by atoms with Gasteiger partial charge in [-0.15, -0.1) is 0 Å². The average Bonchev–Trinajstić information content (AvgIpc) is 3.75. The zero-order chi connectivity index (χ0) is 38.1. The van der Waals surface area contributed by atoms with Crippen molar-refractivity contribution in [3.8, 4) is 22.3 Å². The third-order valence-electron chi connectivity index (χ3n) is 13.4. The maximum atomic E-state index is 6.51. The van der Waals surface area contributed by atoms with Crippen molar-refractivity contribution < 1.29 is 4.42 Å². The van der Waals surface area contributed by atoms with Gasteiger partial charge in [0.1, 0.15) is 11.2 Å². The van der Waals surface area contributed by atoms with E-state index in [2.05, 4.69) is 176 Å². The number of benzene rings is 7. The van der Waals surface area contributed by atoms with Gasteiger partial charge in [0, 0.05) is 39.2 Å². The number of hydrogen-bond donors (Lipinski definition) is 0. The summed E-state index contributed by atoms with van der Waals surface area (Å²) in [5, 5.41) is 5.17. The van der Waals surface area contributed by atoms with Gasteiger partial charge in [-0.3, -0.25) is 0 Å². The Morgan fingerprint density at radius 1 is 0.561 bits per heavy atom. The Bertz CT molecular complexity index is 2970. The summed E-state index contributed by atoms with van der Waals surface area (Å²) in [7, 11) is 0. The number of rotatable bonds is 6. The van der Waals surface area contributed by atoms with Crippen LogP contribution < -0.4 is 15.3 Å². The van der Waals surface area contributed by atoms with Gasteiger partial charge in [-0.05, 0) is 129 Å². The first-order chi connectivity index (χ1) is 28.0. The van der Waals surface area contributed by atoms with Crippen molar-refractivity contribution in [1.82, 2.24) is 0 Å². The van der Waals surface area contributed by atoms with Crippen molar-refractivity contribution in [1.29, 1.82) is 0 Å². The third-order valence-corrected chi connectivity index (χ3v) is 13.4. The van der Waals surface area contributed by atoms with Crippen molar-refractivity contribution in [2.75, 3.05) is 4.90 Å². The van der Waals surface area contributed by atoms with E-state index < -0.39 is 0 Å². The SMILES string of the molecule is CC1(C)c2ccccc2-c2ccc(-c3ccc(N(c4ccc5c(c4)oc4ccccc45)c4ccccc4C4=c5c(C6CCCCC6)cccc5=CCC4)cc3)cc21. The van der Waals surface area contributed by atoms with E-state index in [0.717, 1.165) is 46.2 Å². The van der Waals surface area contributed by atoms with Crippen LogP contribution in [0.2, 0.25) is 0 Å². The second-order valence-corrected chi connectivity index (χ2v) is 17.0. The second kappa shape index (κ2) is 13.5. The minimum Gasteiger partial charge on any atom is -0.456 e. The Morgan fingerprint density at radius 3 is 2.16 bits per heavy atom. The highest BCUT2D eigenvalue weighted by Crippen LogP contribution is 2.50. The smallest absolute Gasteiger partial charge is 0.137 e. The van der Waals surface area contributed by atoms with Gasteiger partial charge in [-0.25, -0.2) is 0 Å². The van der Waals surface area contributed by atoms with E-state index in [0.29, 0.717) is 5.92 Å². The Kier molecular flexibility index (Phi) is 8.10. The molecule has 0 spiro atoms. The molecule has 0 saturated heterocycles. The summed E-state index contributed by atoms with van der Waals surface area (Å²) in [6.07, 6.45) is 11.1. The van der Waals surface area contributed by atoms with Crippen molar-refractivity contribution in [3.63, 3.8) is 0 Å². The van der Waals surface area contributed by atoms with Crippen molar-refractivity contribution >= 4 is 50.6 Å². The van der Waals surface area contributed by atoms with Crippen LogP contribution in [0.5, 0.6) is 0 Å².